The second-order valence-corrected chi connectivity index (χ2v) is 9.03. The fourth-order valence-corrected chi connectivity index (χ4v) is 5.11. The first-order valence-corrected chi connectivity index (χ1v) is 11.9. The van der Waals surface area contributed by atoms with E-state index in [2.05, 4.69) is 11.4 Å². The highest BCUT2D eigenvalue weighted by atomic mass is 32.1. The lowest BCUT2D eigenvalue weighted by molar-refractivity contribution is 0.0961. The molecular weight excluding hydrogens is 458 g/mol. The van der Waals surface area contributed by atoms with Gasteiger partial charge in [0.25, 0.3) is 5.56 Å². The van der Waals surface area contributed by atoms with Crippen molar-refractivity contribution >= 4 is 18.0 Å². The summed E-state index contributed by atoms with van der Waals surface area (Å²) in [5.41, 5.74) is 3.31. The number of hydrogen-bond donors (Lipinski definition) is 2. The Bertz CT molecular complexity index is 1540. The normalized spacial score (nSPS) is 14.9. The van der Waals surface area contributed by atoms with E-state index in [1.54, 1.807) is 30.3 Å². The quantitative estimate of drug-likeness (QED) is 0.314. The van der Waals surface area contributed by atoms with E-state index >= 15 is 0 Å². The lowest BCUT2D eigenvalue weighted by Crippen LogP contribution is -2.34. The van der Waals surface area contributed by atoms with Crippen molar-refractivity contribution in [3.63, 3.8) is 0 Å². The zero-order chi connectivity index (χ0) is 24.5. The van der Waals surface area contributed by atoms with Crippen LogP contribution in [0.3, 0.4) is 0 Å². The molecule has 0 fully saturated rings. The Morgan fingerprint density at radius 2 is 1.69 bits per heavy atom. The highest BCUT2D eigenvalue weighted by Gasteiger charge is 2.29. The SMILES string of the molecule is Cc1ccccc1-n1c(O)c(C(=O)CC2NCCc3ccccc32)c(=O)n(-c2ccccc2)c1=S. The molecule has 1 aromatic heterocycles. The van der Waals surface area contributed by atoms with Gasteiger partial charge in [-0.1, -0.05) is 60.7 Å². The van der Waals surface area contributed by atoms with Crippen LogP contribution < -0.4 is 10.9 Å². The summed E-state index contributed by atoms with van der Waals surface area (Å²) < 4.78 is 2.82. The zero-order valence-corrected chi connectivity index (χ0v) is 20.1. The van der Waals surface area contributed by atoms with Crippen molar-refractivity contribution < 1.29 is 9.90 Å². The van der Waals surface area contributed by atoms with Gasteiger partial charge >= 0.3 is 0 Å². The van der Waals surface area contributed by atoms with E-state index in [1.807, 2.05) is 49.4 Å². The van der Waals surface area contributed by atoms with Gasteiger partial charge in [-0.3, -0.25) is 18.7 Å². The van der Waals surface area contributed by atoms with Crippen molar-refractivity contribution in [3.05, 3.63) is 116 Å². The monoisotopic (exact) mass is 483 g/mol. The van der Waals surface area contributed by atoms with E-state index in [0.717, 1.165) is 24.1 Å². The molecular formula is C28H25N3O3S. The zero-order valence-electron chi connectivity index (χ0n) is 19.3. The largest absolute Gasteiger partial charge is 0.493 e. The van der Waals surface area contributed by atoms with Crippen molar-refractivity contribution in [1.82, 2.24) is 14.5 Å². The maximum absolute atomic E-state index is 13.7. The van der Waals surface area contributed by atoms with Crippen molar-refractivity contribution in [2.45, 2.75) is 25.8 Å². The van der Waals surface area contributed by atoms with Gasteiger partial charge in [0, 0.05) is 12.5 Å². The average Bonchev–Trinajstić information content (AvgIpc) is 2.86. The molecule has 7 heteroatoms. The maximum atomic E-state index is 13.7. The van der Waals surface area contributed by atoms with Gasteiger partial charge in [0.15, 0.2) is 10.6 Å². The number of nitrogens with zero attached hydrogens (tertiary/aromatic N) is 2. The lowest BCUT2D eigenvalue weighted by Gasteiger charge is -2.26. The van der Waals surface area contributed by atoms with Crippen LogP contribution in [0.5, 0.6) is 5.88 Å². The number of nitrogens with one attached hydrogen (secondary N) is 1. The van der Waals surface area contributed by atoms with Gasteiger partial charge in [-0.25, -0.2) is 0 Å². The first kappa shape index (κ1) is 23.0. The van der Waals surface area contributed by atoms with Crippen molar-refractivity contribution in [1.29, 1.82) is 0 Å². The molecule has 0 spiro atoms. The molecule has 1 unspecified atom stereocenters. The molecule has 1 aliphatic heterocycles. The molecule has 35 heavy (non-hydrogen) atoms. The topological polar surface area (TPSA) is 76.3 Å². The van der Waals surface area contributed by atoms with Crippen molar-refractivity contribution in [2.75, 3.05) is 6.54 Å². The number of hydrogen-bond acceptors (Lipinski definition) is 5. The predicted molar refractivity (Wildman–Crippen MR) is 138 cm³/mol. The number of fused-ring (bicyclic) bond motifs is 1. The molecule has 2 heterocycles. The highest BCUT2D eigenvalue weighted by Crippen LogP contribution is 2.29. The molecule has 0 saturated carbocycles. The Balaban J connectivity index is 1.70. The Labute approximate surface area is 208 Å². The molecule has 0 aliphatic carbocycles. The first-order chi connectivity index (χ1) is 17.0. The number of carbonyl (C=O) groups is 1. The summed E-state index contributed by atoms with van der Waals surface area (Å²) >= 11 is 5.69. The van der Waals surface area contributed by atoms with Gasteiger partial charge in [-0.15, -0.1) is 0 Å². The number of Topliss-reactive ketones (excluding diaryl/α,β-unsaturated/α-hetero) is 1. The summed E-state index contributed by atoms with van der Waals surface area (Å²) in [6, 6.07) is 24.1. The summed E-state index contributed by atoms with van der Waals surface area (Å²) in [4.78, 5) is 27.4. The molecule has 0 bridgehead atoms. The van der Waals surface area contributed by atoms with Gasteiger partial charge in [0.1, 0.15) is 5.56 Å². The summed E-state index contributed by atoms with van der Waals surface area (Å²) in [5.74, 6) is -0.876. The second kappa shape index (κ2) is 9.44. The summed E-state index contributed by atoms with van der Waals surface area (Å²) in [6.07, 6.45) is 0.921. The van der Waals surface area contributed by atoms with Crippen LogP contribution in [0.15, 0.2) is 83.7 Å². The predicted octanol–water partition coefficient (Wildman–Crippen LogP) is 4.83. The number of aromatic hydroxyl groups is 1. The van der Waals surface area contributed by atoms with Gasteiger partial charge in [-0.2, -0.15) is 0 Å². The van der Waals surface area contributed by atoms with Crippen LogP contribution in [0.4, 0.5) is 0 Å². The molecule has 0 radical (unpaired) electrons. The van der Waals surface area contributed by atoms with Crippen LogP contribution in [0.2, 0.25) is 0 Å². The van der Waals surface area contributed by atoms with E-state index < -0.39 is 17.2 Å². The molecule has 0 amide bonds. The molecule has 3 aromatic carbocycles. The van der Waals surface area contributed by atoms with Gasteiger partial charge in [-0.05, 0) is 67.0 Å². The molecule has 1 aliphatic rings. The Morgan fingerprint density at radius 1 is 1.00 bits per heavy atom. The molecule has 176 valence electrons. The molecule has 5 rings (SSSR count). The molecule has 4 aromatic rings. The number of ketones is 1. The fourth-order valence-electron chi connectivity index (χ4n) is 4.74. The summed E-state index contributed by atoms with van der Waals surface area (Å²) in [6.45, 7) is 2.63. The number of rotatable bonds is 5. The number of aromatic nitrogens is 2. The van der Waals surface area contributed by atoms with Crippen LogP contribution in [0.1, 0.15) is 39.5 Å². The van der Waals surface area contributed by atoms with E-state index in [4.69, 9.17) is 12.2 Å². The standard InChI is InChI=1S/C28H25N3O3S/c1-18-9-5-8-14-23(18)31-27(34)25(26(33)30(28(31)35)20-11-3-2-4-12-20)24(32)17-22-21-13-7-6-10-19(21)15-16-29-22/h2-14,22,29,34H,15-17H2,1H3. The highest BCUT2D eigenvalue weighted by molar-refractivity contribution is 7.71. The molecule has 6 nitrogen and oxygen atoms in total. The lowest BCUT2D eigenvalue weighted by atomic mass is 9.90. The van der Waals surface area contributed by atoms with Crippen LogP contribution in [-0.2, 0) is 6.42 Å². The van der Waals surface area contributed by atoms with E-state index in [-0.39, 0.29) is 22.8 Å². The first-order valence-electron chi connectivity index (χ1n) is 11.5. The van der Waals surface area contributed by atoms with Crippen LogP contribution in [-0.4, -0.2) is 26.6 Å². The Kier molecular flexibility index (Phi) is 6.19. The third-order valence-electron chi connectivity index (χ3n) is 6.49. The Hall–Kier alpha value is -3.81. The number of benzene rings is 3. The van der Waals surface area contributed by atoms with Crippen LogP contribution in [0, 0.1) is 11.7 Å². The minimum Gasteiger partial charge on any atom is -0.493 e. The summed E-state index contributed by atoms with van der Waals surface area (Å²) in [5, 5.41) is 14.7. The summed E-state index contributed by atoms with van der Waals surface area (Å²) in [7, 11) is 0. The number of para-hydroxylation sites is 2. The average molecular weight is 484 g/mol. The minimum absolute atomic E-state index is 0.0408. The van der Waals surface area contributed by atoms with Crippen molar-refractivity contribution in [2.24, 2.45) is 0 Å². The maximum Gasteiger partial charge on any atom is 0.273 e. The van der Waals surface area contributed by atoms with Crippen LogP contribution >= 0.6 is 12.2 Å². The van der Waals surface area contributed by atoms with E-state index in [9.17, 15) is 14.7 Å². The fraction of sp³-hybridized carbons (Fsp3) is 0.179. The van der Waals surface area contributed by atoms with Gasteiger partial charge in [0.2, 0.25) is 5.88 Å². The third-order valence-corrected chi connectivity index (χ3v) is 6.85. The van der Waals surface area contributed by atoms with E-state index in [0.29, 0.717) is 11.4 Å². The van der Waals surface area contributed by atoms with Crippen LogP contribution in [0.25, 0.3) is 11.4 Å². The number of aryl methyl sites for hydroxylation is 1. The second-order valence-electron chi connectivity index (χ2n) is 8.66. The molecule has 2 N–H and O–H groups in total. The number of carbonyl (C=O) groups excluding carboxylic acids is 1. The molecule has 1 atom stereocenters. The van der Waals surface area contributed by atoms with Crippen molar-refractivity contribution in [3.8, 4) is 17.3 Å². The third kappa shape index (κ3) is 4.13. The van der Waals surface area contributed by atoms with Gasteiger partial charge < -0.3 is 10.4 Å². The molecule has 0 saturated heterocycles. The van der Waals surface area contributed by atoms with E-state index in [1.165, 1.54) is 14.7 Å². The minimum atomic E-state index is -0.627. The van der Waals surface area contributed by atoms with Gasteiger partial charge in [0.05, 0.1) is 11.4 Å². The smallest absolute Gasteiger partial charge is 0.273 e. The Morgan fingerprint density at radius 3 is 2.46 bits per heavy atom.